The van der Waals surface area contributed by atoms with Crippen molar-refractivity contribution in [2.75, 3.05) is 5.32 Å². The second-order valence-corrected chi connectivity index (χ2v) is 4.97. The van der Waals surface area contributed by atoms with E-state index < -0.39 is 11.7 Å². The van der Waals surface area contributed by atoms with Crippen LogP contribution in [0.5, 0.6) is 0 Å². The molecule has 1 rings (SSSR count). The predicted molar refractivity (Wildman–Crippen MR) is 72.6 cm³/mol. The van der Waals surface area contributed by atoms with Crippen molar-refractivity contribution in [1.82, 2.24) is 4.98 Å². The molecule has 1 aromatic rings. The second-order valence-electron chi connectivity index (χ2n) is 4.97. The van der Waals surface area contributed by atoms with Crippen molar-refractivity contribution in [3.05, 3.63) is 36.5 Å². The van der Waals surface area contributed by atoms with Gasteiger partial charge in [0.1, 0.15) is 11.4 Å². The van der Waals surface area contributed by atoms with E-state index in [2.05, 4.69) is 16.9 Å². The molecule has 0 atom stereocenters. The maximum absolute atomic E-state index is 11.7. The molecule has 1 N–H and O–H groups in total. The largest absolute Gasteiger partial charge is 0.444 e. The summed E-state index contributed by atoms with van der Waals surface area (Å²) < 4.78 is 5.19. The van der Waals surface area contributed by atoms with Gasteiger partial charge in [0.05, 0.1) is 0 Å². The number of aryl methyl sites for hydroxylation is 1. The van der Waals surface area contributed by atoms with Gasteiger partial charge in [-0.05, 0) is 45.2 Å². The lowest BCUT2D eigenvalue weighted by Gasteiger charge is -2.20. The van der Waals surface area contributed by atoms with Crippen LogP contribution in [-0.4, -0.2) is 16.7 Å². The predicted octanol–water partition coefficient (Wildman–Crippen LogP) is 3.55. The zero-order valence-corrected chi connectivity index (χ0v) is 11.2. The number of carbonyl (C=O) groups is 1. The van der Waals surface area contributed by atoms with E-state index in [4.69, 9.17) is 4.74 Å². The fourth-order valence-corrected chi connectivity index (χ4v) is 1.41. The standard InChI is InChI=1S/C14H20N2O2/c1-5-6-8-11-9-7-10-15-12(11)16-13(17)18-14(2,3)4/h5,7,9-10H,1,6,8H2,2-4H3,(H,15,16,17). The number of nitrogens with one attached hydrogen (secondary N) is 1. The number of rotatable bonds is 4. The Bertz CT molecular complexity index is 422. The van der Waals surface area contributed by atoms with Crippen LogP contribution in [0.15, 0.2) is 31.0 Å². The highest BCUT2D eigenvalue weighted by Gasteiger charge is 2.17. The first-order valence-electron chi connectivity index (χ1n) is 5.97. The normalized spacial score (nSPS) is 10.8. The van der Waals surface area contributed by atoms with Gasteiger partial charge >= 0.3 is 6.09 Å². The molecule has 4 heteroatoms. The average Bonchev–Trinajstić information content (AvgIpc) is 2.25. The van der Waals surface area contributed by atoms with Gasteiger partial charge in [-0.25, -0.2) is 9.78 Å². The van der Waals surface area contributed by atoms with E-state index in [0.29, 0.717) is 5.82 Å². The van der Waals surface area contributed by atoms with Gasteiger partial charge < -0.3 is 4.74 Å². The summed E-state index contributed by atoms with van der Waals surface area (Å²) in [6, 6.07) is 3.78. The van der Waals surface area contributed by atoms with Crippen molar-refractivity contribution in [2.24, 2.45) is 0 Å². The summed E-state index contributed by atoms with van der Waals surface area (Å²) >= 11 is 0. The van der Waals surface area contributed by atoms with E-state index in [-0.39, 0.29) is 0 Å². The molecule has 1 aromatic heterocycles. The Kier molecular flexibility index (Phi) is 4.89. The molecule has 0 radical (unpaired) electrons. The number of anilines is 1. The highest BCUT2D eigenvalue weighted by atomic mass is 16.6. The fraction of sp³-hybridized carbons (Fsp3) is 0.429. The number of allylic oxidation sites excluding steroid dienone is 1. The van der Waals surface area contributed by atoms with Gasteiger partial charge in [-0.3, -0.25) is 5.32 Å². The first-order valence-corrected chi connectivity index (χ1v) is 5.97. The van der Waals surface area contributed by atoms with E-state index in [1.54, 1.807) is 6.20 Å². The number of hydrogen-bond acceptors (Lipinski definition) is 3. The van der Waals surface area contributed by atoms with Crippen molar-refractivity contribution in [3.8, 4) is 0 Å². The molecule has 4 nitrogen and oxygen atoms in total. The van der Waals surface area contributed by atoms with Crippen LogP contribution in [0.3, 0.4) is 0 Å². The molecule has 0 spiro atoms. The van der Waals surface area contributed by atoms with Crippen LogP contribution in [0.25, 0.3) is 0 Å². The first kappa shape index (κ1) is 14.2. The van der Waals surface area contributed by atoms with Gasteiger partial charge in [0.15, 0.2) is 0 Å². The third-order valence-corrected chi connectivity index (χ3v) is 2.13. The van der Waals surface area contributed by atoms with Gasteiger partial charge in [0.25, 0.3) is 0 Å². The minimum absolute atomic E-state index is 0.485. The minimum atomic E-state index is -0.514. The molecule has 1 amide bonds. The topological polar surface area (TPSA) is 51.2 Å². The van der Waals surface area contributed by atoms with Gasteiger partial charge in [-0.1, -0.05) is 12.1 Å². The van der Waals surface area contributed by atoms with E-state index in [1.165, 1.54) is 0 Å². The molecule has 98 valence electrons. The SMILES string of the molecule is C=CCCc1cccnc1NC(=O)OC(C)(C)C. The lowest BCUT2D eigenvalue weighted by atomic mass is 10.1. The number of carbonyl (C=O) groups excluding carboxylic acids is 1. The monoisotopic (exact) mass is 248 g/mol. The smallest absolute Gasteiger partial charge is 0.413 e. The van der Waals surface area contributed by atoms with Gasteiger partial charge in [-0.2, -0.15) is 0 Å². The Hall–Kier alpha value is -1.84. The molecular formula is C14H20N2O2. The summed E-state index contributed by atoms with van der Waals surface area (Å²) in [5.41, 5.74) is 0.461. The van der Waals surface area contributed by atoms with Crippen molar-refractivity contribution in [1.29, 1.82) is 0 Å². The van der Waals surface area contributed by atoms with Crippen LogP contribution in [0.2, 0.25) is 0 Å². The van der Waals surface area contributed by atoms with Crippen molar-refractivity contribution in [3.63, 3.8) is 0 Å². The quantitative estimate of drug-likeness (QED) is 0.829. The molecule has 0 aliphatic carbocycles. The molecule has 0 fully saturated rings. The van der Waals surface area contributed by atoms with Crippen LogP contribution in [0.4, 0.5) is 10.6 Å². The number of aromatic nitrogens is 1. The Morgan fingerprint density at radius 1 is 1.56 bits per heavy atom. The van der Waals surface area contributed by atoms with Gasteiger partial charge in [-0.15, -0.1) is 6.58 Å². The maximum atomic E-state index is 11.7. The molecule has 0 unspecified atom stereocenters. The zero-order valence-electron chi connectivity index (χ0n) is 11.2. The van der Waals surface area contributed by atoms with E-state index >= 15 is 0 Å². The summed E-state index contributed by atoms with van der Waals surface area (Å²) in [4.78, 5) is 15.8. The summed E-state index contributed by atoms with van der Waals surface area (Å²) in [7, 11) is 0. The Morgan fingerprint density at radius 2 is 2.28 bits per heavy atom. The van der Waals surface area contributed by atoms with Crippen molar-refractivity contribution < 1.29 is 9.53 Å². The second kappa shape index (κ2) is 6.19. The van der Waals surface area contributed by atoms with Crippen molar-refractivity contribution >= 4 is 11.9 Å². The van der Waals surface area contributed by atoms with Crippen LogP contribution in [0.1, 0.15) is 32.8 Å². The number of ether oxygens (including phenoxy) is 1. The van der Waals surface area contributed by atoms with Gasteiger partial charge in [0.2, 0.25) is 0 Å². The summed E-state index contributed by atoms with van der Waals surface area (Å²) in [6.07, 6.45) is 4.63. The van der Waals surface area contributed by atoms with E-state index in [0.717, 1.165) is 18.4 Å². The highest BCUT2D eigenvalue weighted by molar-refractivity contribution is 5.84. The number of pyridine rings is 1. The lowest BCUT2D eigenvalue weighted by molar-refractivity contribution is 0.0635. The van der Waals surface area contributed by atoms with E-state index in [1.807, 2.05) is 39.0 Å². The molecule has 1 heterocycles. The fourth-order valence-electron chi connectivity index (χ4n) is 1.41. The molecule has 18 heavy (non-hydrogen) atoms. The summed E-state index contributed by atoms with van der Waals surface area (Å²) in [6.45, 7) is 9.15. The first-order chi connectivity index (χ1) is 8.42. The lowest BCUT2D eigenvalue weighted by Crippen LogP contribution is -2.27. The molecule has 0 bridgehead atoms. The Morgan fingerprint density at radius 3 is 2.89 bits per heavy atom. The van der Waals surface area contributed by atoms with E-state index in [9.17, 15) is 4.79 Å². The van der Waals surface area contributed by atoms with Crippen LogP contribution in [-0.2, 0) is 11.2 Å². The summed E-state index contributed by atoms with van der Waals surface area (Å²) in [5, 5.41) is 2.67. The average molecular weight is 248 g/mol. The zero-order chi connectivity index (χ0) is 13.6. The van der Waals surface area contributed by atoms with Crippen LogP contribution >= 0.6 is 0 Å². The van der Waals surface area contributed by atoms with Crippen LogP contribution in [0, 0.1) is 0 Å². The molecule has 0 aliphatic rings. The van der Waals surface area contributed by atoms with Gasteiger partial charge in [0, 0.05) is 6.20 Å². The Labute approximate surface area is 108 Å². The number of nitrogens with zero attached hydrogens (tertiary/aromatic N) is 1. The molecule has 0 saturated heterocycles. The molecule has 0 aliphatic heterocycles. The minimum Gasteiger partial charge on any atom is -0.444 e. The summed E-state index contributed by atoms with van der Waals surface area (Å²) in [5.74, 6) is 0.550. The number of hydrogen-bond donors (Lipinski definition) is 1. The highest BCUT2D eigenvalue weighted by Crippen LogP contribution is 2.15. The van der Waals surface area contributed by atoms with Crippen LogP contribution < -0.4 is 5.32 Å². The Balaban J connectivity index is 2.71. The maximum Gasteiger partial charge on any atom is 0.413 e. The molecular weight excluding hydrogens is 228 g/mol. The number of amides is 1. The third-order valence-electron chi connectivity index (χ3n) is 2.13. The molecule has 0 aromatic carbocycles. The van der Waals surface area contributed by atoms with Crippen molar-refractivity contribution in [2.45, 2.75) is 39.2 Å². The third kappa shape index (κ3) is 4.99. The molecule has 0 saturated carbocycles.